The van der Waals surface area contributed by atoms with Crippen molar-refractivity contribution in [2.45, 2.75) is 32.2 Å². The van der Waals surface area contributed by atoms with Crippen LogP contribution in [0.1, 0.15) is 30.7 Å². The van der Waals surface area contributed by atoms with E-state index in [0.29, 0.717) is 5.91 Å². The number of carbonyl (C=O) groups excluding carboxylic acids is 1. The molecular formula is C17H25N3O2S. The Labute approximate surface area is 141 Å². The van der Waals surface area contributed by atoms with Gasteiger partial charge in [0.25, 0.3) is 0 Å². The number of hydrogen-bond donors (Lipinski definition) is 0. The number of nitrogens with zero attached hydrogens (tertiary/aromatic N) is 3. The Balaban J connectivity index is 1.52. The van der Waals surface area contributed by atoms with Crippen LogP contribution in [0.5, 0.6) is 0 Å². The van der Waals surface area contributed by atoms with Crippen LogP contribution in [0.4, 0.5) is 0 Å². The highest BCUT2D eigenvalue weighted by Gasteiger charge is 2.51. The molecule has 6 heteroatoms. The van der Waals surface area contributed by atoms with E-state index in [-0.39, 0.29) is 11.3 Å². The van der Waals surface area contributed by atoms with Crippen molar-refractivity contribution in [3.8, 4) is 0 Å². The van der Waals surface area contributed by atoms with Crippen molar-refractivity contribution in [2.24, 2.45) is 11.3 Å². The Morgan fingerprint density at radius 1 is 1.35 bits per heavy atom. The number of amides is 1. The van der Waals surface area contributed by atoms with Gasteiger partial charge in [0, 0.05) is 56.4 Å². The summed E-state index contributed by atoms with van der Waals surface area (Å²) in [5.74, 6) is 0.538. The summed E-state index contributed by atoms with van der Waals surface area (Å²) in [6.45, 7) is 6.28. The van der Waals surface area contributed by atoms with E-state index in [4.69, 9.17) is 4.74 Å². The molecule has 1 spiro atoms. The maximum Gasteiger partial charge on any atom is 0.227 e. The van der Waals surface area contributed by atoms with Crippen molar-refractivity contribution in [3.63, 3.8) is 0 Å². The second-order valence-electron chi connectivity index (χ2n) is 7.16. The zero-order valence-electron chi connectivity index (χ0n) is 13.6. The Morgan fingerprint density at radius 2 is 2.13 bits per heavy atom. The van der Waals surface area contributed by atoms with Gasteiger partial charge in [0.05, 0.1) is 12.5 Å². The van der Waals surface area contributed by atoms with Gasteiger partial charge in [0.1, 0.15) is 5.01 Å². The molecule has 0 aromatic carbocycles. The fraction of sp³-hybridized carbons (Fsp3) is 0.765. The number of carbonyl (C=O) groups is 1. The minimum absolute atomic E-state index is 0.120. The quantitative estimate of drug-likeness (QED) is 0.847. The van der Waals surface area contributed by atoms with Crippen LogP contribution in [0.3, 0.4) is 0 Å². The molecule has 0 N–H and O–H groups in total. The van der Waals surface area contributed by atoms with Gasteiger partial charge in [-0.1, -0.05) is 0 Å². The van der Waals surface area contributed by atoms with Crippen LogP contribution in [0.15, 0.2) is 11.6 Å². The van der Waals surface area contributed by atoms with Crippen molar-refractivity contribution < 1.29 is 9.53 Å². The first-order valence-corrected chi connectivity index (χ1v) is 9.62. The van der Waals surface area contributed by atoms with Crippen molar-refractivity contribution in [1.29, 1.82) is 0 Å². The highest BCUT2D eigenvalue weighted by Crippen LogP contribution is 2.45. The van der Waals surface area contributed by atoms with E-state index < -0.39 is 0 Å². The molecule has 3 aliphatic rings. The molecule has 0 radical (unpaired) electrons. The summed E-state index contributed by atoms with van der Waals surface area (Å²) in [6, 6.07) is 0. The summed E-state index contributed by atoms with van der Waals surface area (Å²) in [6.07, 6.45) is 6.24. The van der Waals surface area contributed by atoms with E-state index >= 15 is 0 Å². The predicted molar refractivity (Wildman–Crippen MR) is 89.2 cm³/mol. The van der Waals surface area contributed by atoms with Crippen molar-refractivity contribution in [1.82, 2.24) is 14.8 Å². The third-order valence-corrected chi connectivity index (χ3v) is 6.53. The van der Waals surface area contributed by atoms with E-state index in [1.807, 2.05) is 11.6 Å². The third-order valence-electron chi connectivity index (χ3n) is 5.77. The van der Waals surface area contributed by atoms with E-state index in [2.05, 4.69) is 14.8 Å². The Bertz CT molecular complexity index is 536. The number of aromatic nitrogens is 1. The summed E-state index contributed by atoms with van der Waals surface area (Å²) in [7, 11) is 0. The molecule has 0 saturated carbocycles. The van der Waals surface area contributed by atoms with Crippen molar-refractivity contribution >= 4 is 17.2 Å². The molecular weight excluding hydrogens is 310 g/mol. The molecule has 0 unspecified atom stereocenters. The summed E-state index contributed by atoms with van der Waals surface area (Å²) < 4.78 is 5.60. The Morgan fingerprint density at radius 3 is 2.83 bits per heavy atom. The summed E-state index contributed by atoms with van der Waals surface area (Å²) in [5, 5.41) is 3.18. The molecule has 3 fully saturated rings. The molecule has 0 aliphatic carbocycles. The fourth-order valence-electron chi connectivity index (χ4n) is 4.50. The lowest BCUT2D eigenvalue weighted by Crippen LogP contribution is -2.45. The average Bonchev–Trinajstić information content (AvgIpc) is 3.30. The Hall–Kier alpha value is -0.980. The zero-order valence-corrected chi connectivity index (χ0v) is 14.4. The minimum atomic E-state index is 0.120. The van der Waals surface area contributed by atoms with Gasteiger partial charge in [-0.15, -0.1) is 11.3 Å². The maximum absolute atomic E-state index is 13.1. The number of ether oxygens (including phenoxy) is 1. The molecule has 0 bridgehead atoms. The lowest BCUT2D eigenvalue weighted by molar-refractivity contribution is -0.139. The van der Waals surface area contributed by atoms with Crippen LogP contribution < -0.4 is 0 Å². The van der Waals surface area contributed by atoms with Gasteiger partial charge >= 0.3 is 0 Å². The first-order valence-electron chi connectivity index (χ1n) is 8.74. The molecule has 3 aliphatic heterocycles. The van der Waals surface area contributed by atoms with Crippen LogP contribution in [-0.2, 0) is 16.1 Å². The van der Waals surface area contributed by atoms with E-state index in [9.17, 15) is 4.79 Å². The van der Waals surface area contributed by atoms with Crippen LogP contribution in [-0.4, -0.2) is 60.1 Å². The summed E-state index contributed by atoms with van der Waals surface area (Å²) in [4.78, 5) is 22.1. The smallest absolute Gasteiger partial charge is 0.227 e. The van der Waals surface area contributed by atoms with Gasteiger partial charge in [-0.2, -0.15) is 0 Å². The summed E-state index contributed by atoms with van der Waals surface area (Å²) >= 11 is 1.71. The normalized spacial score (nSPS) is 27.8. The first-order chi connectivity index (χ1) is 11.3. The monoisotopic (exact) mass is 335 g/mol. The van der Waals surface area contributed by atoms with Gasteiger partial charge in [-0.25, -0.2) is 4.98 Å². The largest absolute Gasteiger partial charge is 0.381 e. The number of rotatable bonds is 3. The summed E-state index contributed by atoms with van der Waals surface area (Å²) in [5.41, 5.74) is 0.120. The van der Waals surface area contributed by atoms with Gasteiger partial charge in [-0.05, 0) is 25.7 Å². The fourth-order valence-corrected chi connectivity index (χ4v) is 5.15. The lowest BCUT2D eigenvalue weighted by Gasteiger charge is -2.38. The first kappa shape index (κ1) is 15.5. The highest BCUT2D eigenvalue weighted by molar-refractivity contribution is 7.09. The molecule has 23 heavy (non-hydrogen) atoms. The Kier molecular flexibility index (Phi) is 4.39. The molecule has 4 heterocycles. The molecule has 126 valence electrons. The lowest BCUT2D eigenvalue weighted by atomic mass is 9.71. The predicted octanol–water partition coefficient (Wildman–Crippen LogP) is 1.99. The molecule has 5 nitrogen and oxygen atoms in total. The second kappa shape index (κ2) is 6.49. The number of hydrogen-bond acceptors (Lipinski definition) is 5. The molecule has 3 saturated heterocycles. The SMILES string of the molecule is O=C([C@H]1CN(Cc2nccs2)CC12CCOCC2)N1CCCC1. The number of likely N-dealkylation sites (tertiary alicyclic amines) is 2. The molecule has 4 rings (SSSR count). The van der Waals surface area contributed by atoms with Crippen LogP contribution in [0.25, 0.3) is 0 Å². The third kappa shape index (κ3) is 3.04. The molecule has 1 aromatic heterocycles. The van der Waals surface area contributed by atoms with Crippen molar-refractivity contribution in [2.75, 3.05) is 39.4 Å². The van der Waals surface area contributed by atoms with Gasteiger partial charge in [-0.3, -0.25) is 9.69 Å². The van der Waals surface area contributed by atoms with E-state index in [1.54, 1.807) is 11.3 Å². The van der Waals surface area contributed by atoms with E-state index in [1.165, 1.54) is 0 Å². The van der Waals surface area contributed by atoms with Crippen LogP contribution >= 0.6 is 11.3 Å². The topological polar surface area (TPSA) is 45.7 Å². The zero-order chi connectivity index (χ0) is 15.7. The highest BCUT2D eigenvalue weighted by atomic mass is 32.1. The molecule has 1 atom stereocenters. The number of thiazole rings is 1. The van der Waals surface area contributed by atoms with Gasteiger partial charge in [0.2, 0.25) is 5.91 Å². The molecule has 1 aromatic rings. The maximum atomic E-state index is 13.1. The van der Waals surface area contributed by atoms with Crippen LogP contribution in [0.2, 0.25) is 0 Å². The molecule has 1 amide bonds. The average molecular weight is 335 g/mol. The van der Waals surface area contributed by atoms with Gasteiger partial charge < -0.3 is 9.64 Å². The van der Waals surface area contributed by atoms with Crippen molar-refractivity contribution in [3.05, 3.63) is 16.6 Å². The minimum Gasteiger partial charge on any atom is -0.381 e. The standard InChI is InChI=1S/C17H25N3O2S/c21-16(20-6-1-2-7-20)14-11-19(12-15-18-5-10-23-15)13-17(14)3-8-22-9-4-17/h5,10,14H,1-4,6-9,11-13H2/t14-/m1/s1. The van der Waals surface area contributed by atoms with E-state index in [0.717, 1.165) is 76.6 Å². The second-order valence-corrected chi connectivity index (χ2v) is 8.13. The van der Waals surface area contributed by atoms with Gasteiger partial charge in [0.15, 0.2) is 0 Å². The van der Waals surface area contributed by atoms with Crippen LogP contribution in [0, 0.1) is 11.3 Å².